The number of carbonyl (C=O) groups excluding carboxylic acids is 1. The van der Waals surface area contributed by atoms with Crippen molar-refractivity contribution in [2.75, 3.05) is 41.7 Å². The van der Waals surface area contributed by atoms with E-state index in [9.17, 15) is 9.90 Å². The highest BCUT2D eigenvalue weighted by molar-refractivity contribution is 7.12. The molecule has 9 nitrogen and oxygen atoms in total. The molecule has 39 heavy (non-hydrogen) atoms. The minimum absolute atomic E-state index is 0.0203. The van der Waals surface area contributed by atoms with Crippen LogP contribution in [0, 0.1) is 12.3 Å². The molecule has 0 radical (unpaired) electrons. The first-order valence-corrected chi connectivity index (χ1v) is 14.4. The molecule has 5 rings (SSSR count). The first-order chi connectivity index (χ1) is 18.7. The van der Waals surface area contributed by atoms with Crippen LogP contribution < -0.4 is 15.5 Å². The van der Waals surface area contributed by atoms with Crippen LogP contribution in [0.2, 0.25) is 0 Å². The molecule has 1 aliphatic heterocycles. The van der Waals surface area contributed by atoms with Gasteiger partial charge in [-0.25, -0.2) is 4.98 Å². The molecule has 3 N–H and O–H groups in total. The van der Waals surface area contributed by atoms with E-state index >= 15 is 0 Å². The number of piperazine rings is 1. The van der Waals surface area contributed by atoms with Crippen LogP contribution in [0.3, 0.4) is 0 Å². The van der Waals surface area contributed by atoms with E-state index in [4.69, 9.17) is 0 Å². The lowest BCUT2D eigenvalue weighted by Crippen LogP contribution is -2.49. The van der Waals surface area contributed by atoms with Crippen LogP contribution in [0.4, 0.5) is 23.1 Å². The molecule has 4 heterocycles. The van der Waals surface area contributed by atoms with Gasteiger partial charge in [-0.15, -0.1) is 11.3 Å². The second-order valence-corrected chi connectivity index (χ2v) is 12.5. The van der Waals surface area contributed by atoms with Crippen molar-refractivity contribution in [1.82, 2.24) is 18.6 Å². The van der Waals surface area contributed by atoms with Gasteiger partial charge in [0.05, 0.1) is 29.0 Å². The van der Waals surface area contributed by atoms with Gasteiger partial charge >= 0.3 is 0 Å². The number of aromatic nitrogens is 3. The highest BCUT2D eigenvalue weighted by atomic mass is 32.1. The van der Waals surface area contributed by atoms with Gasteiger partial charge in [0.1, 0.15) is 5.82 Å². The van der Waals surface area contributed by atoms with Crippen molar-refractivity contribution in [3.05, 3.63) is 70.0 Å². The lowest BCUT2D eigenvalue weighted by atomic mass is 9.86. The molecule has 4 aromatic rings. The van der Waals surface area contributed by atoms with Crippen LogP contribution in [0.25, 0.3) is 0 Å². The van der Waals surface area contributed by atoms with Crippen LogP contribution in [-0.4, -0.2) is 55.8 Å². The van der Waals surface area contributed by atoms with E-state index in [1.807, 2.05) is 18.2 Å². The molecule has 0 unspecified atom stereocenters. The Balaban J connectivity index is 1.30. The molecule has 1 aliphatic rings. The van der Waals surface area contributed by atoms with Gasteiger partial charge in [-0.05, 0) is 48.7 Å². The summed E-state index contributed by atoms with van der Waals surface area (Å²) in [6.07, 6.45) is 1.77. The van der Waals surface area contributed by atoms with Crippen LogP contribution in [0.5, 0.6) is 5.75 Å². The Morgan fingerprint density at radius 2 is 1.77 bits per heavy atom. The Morgan fingerprint density at radius 3 is 2.44 bits per heavy atom. The number of anilines is 4. The average Bonchev–Trinajstić information content (AvgIpc) is 3.56. The maximum atomic E-state index is 13.4. The van der Waals surface area contributed by atoms with Gasteiger partial charge in [0.25, 0.3) is 5.91 Å². The fraction of sp³-hybridized carbons (Fsp3) is 0.357. The molecule has 1 aromatic carbocycles. The van der Waals surface area contributed by atoms with E-state index in [-0.39, 0.29) is 28.7 Å². The zero-order chi connectivity index (χ0) is 27.6. The Morgan fingerprint density at radius 1 is 1.00 bits per heavy atom. The molecule has 0 saturated carbocycles. The number of hydrogen-bond donors (Lipinski definition) is 3. The number of rotatable bonds is 7. The predicted molar refractivity (Wildman–Crippen MR) is 159 cm³/mol. The minimum Gasteiger partial charge on any atom is -0.505 e. The van der Waals surface area contributed by atoms with Gasteiger partial charge in [-0.2, -0.15) is 8.75 Å². The Labute approximate surface area is 236 Å². The van der Waals surface area contributed by atoms with Crippen LogP contribution in [0.1, 0.15) is 46.9 Å². The molecular weight excluding hydrogens is 530 g/mol. The normalized spacial score (nSPS) is 14.8. The number of nitrogens with one attached hydrogen (secondary N) is 2. The van der Waals surface area contributed by atoms with E-state index in [0.29, 0.717) is 43.5 Å². The van der Waals surface area contributed by atoms with Gasteiger partial charge in [0.2, 0.25) is 0 Å². The van der Waals surface area contributed by atoms with E-state index in [1.165, 1.54) is 9.75 Å². The lowest BCUT2D eigenvalue weighted by Gasteiger charge is -2.35. The van der Waals surface area contributed by atoms with E-state index in [2.05, 4.69) is 69.1 Å². The van der Waals surface area contributed by atoms with Gasteiger partial charge in [-0.1, -0.05) is 32.9 Å². The van der Waals surface area contributed by atoms with Gasteiger partial charge in [0.15, 0.2) is 17.4 Å². The second kappa shape index (κ2) is 11.2. The summed E-state index contributed by atoms with van der Waals surface area (Å²) in [6.45, 7) is 11.1. The summed E-state index contributed by atoms with van der Waals surface area (Å²) in [7, 11) is 0. The maximum Gasteiger partial charge on any atom is 0.257 e. The van der Waals surface area contributed by atoms with E-state index in [1.54, 1.807) is 40.6 Å². The number of amides is 1. The van der Waals surface area contributed by atoms with Crippen LogP contribution in [-0.2, 0) is 0 Å². The van der Waals surface area contributed by atoms with Crippen molar-refractivity contribution >= 4 is 52.1 Å². The topological polar surface area (TPSA) is 107 Å². The number of phenols is 1. The van der Waals surface area contributed by atoms with Gasteiger partial charge in [-0.3, -0.25) is 4.79 Å². The largest absolute Gasteiger partial charge is 0.505 e. The third-order valence-electron chi connectivity index (χ3n) is 6.74. The van der Waals surface area contributed by atoms with Crippen molar-refractivity contribution in [2.45, 2.75) is 33.7 Å². The lowest BCUT2D eigenvalue weighted by molar-refractivity contribution is 0.0743. The zero-order valence-electron chi connectivity index (χ0n) is 22.5. The molecule has 0 spiro atoms. The number of aryl methyl sites for hydroxylation is 1. The molecule has 0 bridgehead atoms. The molecule has 11 heteroatoms. The molecule has 1 saturated heterocycles. The van der Waals surface area contributed by atoms with Crippen molar-refractivity contribution in [1.29, 1.82) is 0 Å². The number of pyridine rings is 1. The van der Waals surface area contributed by atoms with Gasteiger partial charge in [0, 0.05) is 42.1 Å². The molecule has 204 valence electrons. The number of carbonyl (C=O) groups is 1. The molecule has 1 amide bonds. The first kappa shape index (κ1) is 26.9. The highest BCUT2D eigenvalue weighted by Crippen LogP contribution is 2.41. The predicted octanol–water partition coefficient (Wildman–Crippen LogP) is 5.91. The number of aromatic hydroxyl groups is 1. The number of phenolic OH excluding ortho intramolecular Hbond substituents is 1. The van der Waals surface area contributed by atoms with Gasteiger partial charge < -0.3 is 25.5 Å². The summed E-state index contributed by atoms with van der Waals surface area (Å²) in [5.74, 6) is 1.71. The number of thiophene rings is 1. The molecule has 0 aliphatic carbocycles. The number of hydrogen-bond acceptors (Lipinski definition) is 10. The zero-order valence-corrected chi connectivity index (χ0v) is 24.1. The summed E-state index contributed by atoms with van der Waals surface area (Å²) in [4.78, 5) is 24.2. The molecule has 3 aromatic heterocycles. The quantitative estimate of drug-likeness (QED) is 0.238. The Hall–Kier alpha value is -3.70. The summed E-state index contributed by atoms with van der Waals surface area (Å²) >= 11 is 2.85. The molecule has 1 atom stereocenters. The van der Waals surface area contributed by atoms with Crippen molar-refractivity contribution < 1.29 is 9.90 Å². The van der Waals surface area contributed by atoms with E-state index < -0.39 is 0 Å². The minimum atomic E-state index is -0.201. The SMILES string of the molecule is Cc1ccc([C@H](Nc2nsnc2Nc2cccc(C(=O)N3CCN(c4ccccn4)CC3)c2O)C(C)(C)C)s1. The summed E-state index contributed by atoms with van der Waals surface area (Å²) in [6, 6.07) is 15.3. The maximum absolute atomic E-state index is 13.4. The van der Waals surface area contributed by atoms with Crippen LogP contribution >= 0.6 is 23.1 Å². The van der Waals surface area contributed by atoms with Crippen LogP contribution in [0.15, 0.2) is 54.7 Å². The van der Waals surface area contributed by atoms with E-state index in [0.717, 1.165) is 17.5 Å². The second-order valence-electron chi connectivity index (χ2n) is 10.6. The molecular formula is C28H33N7O2S2. The number of para-hydroxylation sites is 1. The summed E-state index contributed by atoms with van der Waals surface area (Å²) in [5, 5.41) is 17.9. The highest BCUT2D eigenvalue weighted by Gasteiger charge is 2.30. The summed E-state index contributed by atoms with van der Waals surface area (Å²) < 4.78 is 8.92. The van der Waals surface area contributed by atoms with Crippen molar-refractivity contribution in [3.63, 3.8) is 0 Å². The number of benzene rings is 1. The monoisotopic (exact) mass is 563 g/mol. The Bertz CT molecular complexity index is 1420. The fourth-order valence-electron chi connectivity index (χ4n) is 4.62. The van der Waals surface area contributed by atoms with Crippen molar-refractivity contribution in [2.24, 2.45) is 5.41 Å². The third-order valence-corrected chi connectivity index (χ3v) is 8.33. The number of nitrogens with zero attached hydrogens (tertiary/aromatic N) is 5. The van der Waals surface area contributed by atoms with Crippen molar-refractivity contribution in [3.8, 4) is 5.75 Å². The first-order valence-electron chi connectivity index (χ1n) is 12.9. The fourth-order valence-corrected chi connectivity index (χ4v) is 6.27. The Kier molecular flexibility index (Phi) is 7.72. The molecule has 1 fully saturated rings. The average molecular weight is 564 g/mol. The standard InChI is InChI=1S/C28H33N7O2S2/c1-18-11-12-21(38-18)24(28(2,3)4)31-26-25(32-39-33-26)30-20-9-7-8-19(23(20)36)27(37)35-16-14-34(15-17-35)22-10-5-6-13-29-22/h5-13,24,36H,14-17H2,1-4H3,(H,30,32)(H,31,33)/t24-/m0/s1. The smallest absolute Gasteiger partial charge is 0.257 e. The third kappa shape index (κ3) is 5.99. The summed E-state index contributed by atoms with van der Waals surface area (Å²) in [5.41, 5.74) is 0.585.